The molecular weight excluding hydrogens is 194 g/mol. The van der Waals surface area contributed by atoms with Gasteiger partial charge in [0.25, 0.3) is 0 Å². The Morgan fingerprint density at radius 2 is 2.13 bits per heavy atom. The second-order valence-corrected chi connectivity index (χ2v) is 3.08. The Hall–Kier alpha value is -1.42. The maximum absolute atomic E-state index is 10.3. The minimum absolute atomic E-state index is 0.418. The number of hydrogen-bond acceptors (Lipinski definition) is 4. The van der Waals surface area contributed by atoms with E-state index >= 15 is 0 Å². The molecule has 0 aliphatic rings. The highest BCUT2D eigenvalue weighted by molar-refractivity contribution is 5.71. The zero-order valence-corrected chi connectivity index (χ0v) is 8.81. The molecule has 1 rings (SSSR count). The molecule has 0 aliphatic carbocycles. The Morgan fingerprint density at radius 1 is 1.33 bits per heavy atom. The third-order valence-corrected chi connectivity index (χ3v) is 1.89. The fourth-order valence-corrected chi connectivity index (χ4v) is 1.09. The van der Waals surface area contributed by atoms with Gasteiger partial charge < -0.3 is 9.47 Å². The first-order chi connectivity index (χ1) is 7.36. The van der Waals surface area contributed by atoms with Gasteiger partial charge in [-0.3, -0.25) is 4.79 Å². The molecule has 1 heterocycles. The van der Waals surface area contributed by atoms with Gasteiger partial charge in [0.1, 0.15) is 11.4 Å². The van der Waals surface area contributed by atoms with Gasteiger partial charge in [-0.05, 0) is 25.0 Å². The molecular formula is C11H15NO3. The predicted molar refractivity (Wildman–Crippen MR) is 56.2 cm³/mol. The van der Waals surface area contributed by atoms with Crippen LogP contribution in [0.2, 0.25) is 0 Å². The summed E-state index contributed by atoms with van der Waals surface area (Å²) in [6.45, 7) is 1.40. The molecule has 1 aromatic heterocycles. The summed E-state index contributed by atoms with van der Waals surface area (Å²) in [7, 11) is 1.68. The van der Waals surface area contributed by atoms with Crippen LogP contribution in [0, 0.1) is 0 Å². The van der Waals surface area contributed by atoms with Crippen LogP contribution in [0.5, 0.6) is 5.75 Å². The van der Waals surface area contributed by atoms with E-state index in [0.29, 0.717) is 24.3 Å². The van der Waals surface area contributed by atoms with Crippen molar-refractivity contribution in [1.82, 2.24) is 4.98 Å². The molecule has 0 spiro atoms. The average molecular weight is 209 g/mol. The van der Waals surface area contributed by atoms with Crippen LogP contribution < -0.4 is 4.74 Å². The molecule has 4 nitrogen and oxygen atoms in total. The molecule has 82 valence electrons. The van der Waals surface area contributed by atoms with E-state index in [1.165, 1.54) is 0 Å². The number of nitrogens with zero attached hydrogens (tertiary/aromatic N) is 1. The minimum atomic E-state index is 0.418. The molecule has 0 N–H and O–H groups in total. The van der Waals surface area contributed by atoms with Gasteiger partial charge >= 0.3 is 0 Å². The summed E-state index contributed by atoms with van der Waals surface area (Å²) in [6.07, 6.45) is 4.20. The third kappa shape index (κ3) is 4.56. The van der Waals surface area contributed by atoms with Crippen LogP contribution in [-0.2, 0) is 4.74 Å². The first-order valence-electron chi connectivity index (χ1n) is 4.90. The zero-order valence-electron chi connectivity index (χ0n) is 8.81. The second-order valence-electron chi connectivity index (χ2n) is 3.08. The Labute approximate surface area is 89.2 Å². The van der Waals surface area contributed by atoms with Crippen LogP contribution >= 0.6 is 0 Å². The quantitative estimate of drug-likeness (QED) is 0.506. The van der Waals surface area contributed by atoms with Gasteiger partial charge in [0.05, 0.1) is 12.8 Å². The van der Waals surface area contributed by atoms with E-state index in [4.69, 9.17) is 9.47 Å². The van der Waals surface area contributed by atoms with Crippen molar-refractivity contribution in [2.24, 2.45) is 0 Å². The summed E-state index contributed by atoms with van der Waals surface area (Å²) in [5.74, 6) is 0.693. The molecule has 1 aromatic rings. The van der Waals surface area contributed by atoms with Gasteiger partial charge in [-0.1, -0.05) is 0 Å². The number of unbranched alkanes of at least 4 members (excludes halogenated alkanes) is 1. The van der Waals surface area contributed by atoms with Crippen molar-refractivity contribution >= 4 is 6.29 Å². The maximum Gasteiger partial charge on any atom is 0.168 e. The highest BCUT2D eigenvalue weighted by atomic mass is 16.5. The molecule has 0 fully saturated rings. The lowest BCUT2D eigenvalue weighted by Crippen LogP contribution is -2.00. The van der Waals surface area contributed by atoms with Crippen molar-refractivity contribution in [2.75, 3.05) is 20.3 Å². The first kappa shape index (κ1) is 11.7. The number of hydrogen-bond donors (Lipinski definition) is 0. The SMILES string of the molecule is COCCCCOc1ccc(C=O)nc1. The molecule has 0 bridgehead atoms. The third-order valence-electron chi connectivity index (χ3n) is 1.89. The van der Waals surface area contributed by atoms with Gasteiger partial charge in [0.15, 0.2) is 6.29 Å². The van der Waals surface area contributed by atoms with Crippen LogP contribution in [0.4, 0.5) is 0 Å². The standard InChI is InChI=1S/C11H15NO3/c1-14-6-2-3-7-15-11-5-4-10(9-13)12-8-11/h4-5,8-9H,2-3,6-7H2,1H3. The minimum Gasteiger partial charge on any atom is -0.492 e. The van der Waals surface area contributed by atoms with Crippen molar-refractivity contribution in [3.8, 4) is 5.75 Å². The number of aromatic nitrogens is 1. The van der Waals surface area contributed by atoms with E-state index in [-0.39, 0.29) is 0 Å². The fourth-order valence-electron chi connectivity index (χ4n) is 1.09. The van der Waals surface area contributed by atoms with Crippen LogP contribution in [0.25, 0.3) is 0 Å². The van der Waals surface area contributed by atoms with E-state index in [0.717, 1.165) is 19.4 Å². The summed E-state index contributed by atoms with van der Waals surface area (Å²) in [6, 6.07) is 3.38. The molecule has 0 saturated carbocycles. The number of rotatable bonds is 7. The molecule has 0 aliphatic heterocycles. The predicted octanol–water partition coefficient (Wildman–Crippen LogP) is 1.70. The van der Waals surface area contributed by atoms with Gasteiger partial charge in [0, 0.05) is 13.7 Å². The Kier molecular flexibility index (Phi) is 5.40. The number of methoxy groups -OCH3 is 1. The number of pyridine rings is 1. The lowest BCUT2D eigenvalue weighted by Gasteiger charge is -2.04. The molecule has 0 atom stereocenters. The van der Waals surface area contributed by atoms with Crippen molar-refractivity contribution in [3.05, 3.63) is 24.0 Å². The van der Waals surface area contributed by atoms with E-state index in [1.807, 2.05) is 0 Å². The monoisotopic (exact) mass is 209 g/mol. The molecule has 0 amide bonds. The van der Waals surface area contributed by atoms with E-state index in [9.17, 15) is 4.79 Å². The highest BCUT2D eigenvalue weighted by Crippen LogP contribution is 2.08. The number of carbonyl (C=O) groups excluding carboxylic acids is 1. The van der Waals surface area contributed by atoms with Gasteiger partial charge in [-0.25, -0.2) is 4.98 Å². The average Bonchev–Trinajstić information content (AvgIpc) is 2.30. The lowest BCUT2D eigenvalue weighted by molar-refractivity contribution is 0.111. The largest absolute Gasteiger partial charge is 0.492 e. The summed E-state index contributed by atoms with van der Waals surface area (Å²) in [5, 5.41) is 0. The Morgan fingerprint density at radius 3 is 2.73 bits per heavy atom. The molecule has 0 aromatic carbocycles. The lowest BCUT2D eigenvalue weighted by atomic mass is 10.3. The topological polar surface area (TPSA) is 48.4 Å². The molecule has 4 heteroatoms. The summed E-state index contributed by atoms with van der Waals surface area (Å²) >= 11 is 0. The van der Waals surface area contributed by atoms with Gasteiger partial charge in [-0.15, -0.1) is 0 Å². The number of ether oxygens (including phenoxy) is 2. The van der Waals surface area contributed by atoms with E-state index in [2.05, 4.69) is 4.98 Å². The molecule has 0 unspecified atom stereocenters. The number of aldehydes is 1. The number of carbonyl (C=O) groups is 1. The summed E-state index contributed by atoms with van der Waals surface area (Å²) in [4.78, 5) is 14.2. The van der Waals surface area contributed by atoms with Crippen molar-refractivity contribution in [2.45, 2.75) is 12.8 Å². The van der Waals surface area contributed by atoms with E-state index < -0.39 is 0 Å². The van der Waals surface area contributed by atoms with Crippen molar-refractivity contribution < 1.29 is 14.3 Å². The van der Waals surface area contributed by atoms with Crippen molar-refractivity contribution in [3.63, 3.8) is 0 Å². The summed E-state index contributed by atoms with van der Waals surface area (Å²) < 4.78 is 10.3. The van der Waals surface area contributed by atoms with Crippen LogP contribution in [0.1, 0.15) is 23.3 Å². The summed E-state index contributed by atoms with van der Waals surface area (Å²) in [5.41, 5.74) is 0.418. The maximum atomic E-state index is 10.3. The Bertz CT molecular complexity index is 284. The van der Waals surface area contributed by atoms with Gasteiger partial charge in [0.2, 0.25) is 0 Å². The van der Waals surface area contributed by atoms with Gasteiger partial charge in [-0.2, -0.15) is 0 Å². The molecule has 0 radical (unpaired) electrons. The smallest absolute Gasteiger partial charge is 0.168 e. The van der Waals surface area contributed by atoms with Crippen LogP contribution in [-0.4, -0.2) is 31.6 Å². The Balaban J connectivity index is 2.22. The normalized spacial score (nSPS) is 9.93. The first-order valence-corrected chi connectivity index (χ1v) is 4.90. The molecule has 15 heavy (non-hydrogen) atoms. The zero-order chi connectivity index (χ0) is 10.9. The second kappa shape index (κ2) is 6.95. The van der Waals surface area contributed by atoms with E-state index in [1.54, 1.807) is 25.4 Å². The molecule has 0 saturated heterocycles. The van der Waals surface area contributed by atoms with Crippen LogP contribution in [0.3, 0.4) is 0 Å². The van der Waals surface area contributed by atoms with Crippen LogP contribution in [0.15, 0.2) is 18.3 Å². The highest BCUT2D eigenvalue weighted by Gasteiger charge is 1.95. The van der Waals surface area contributed by atoms with Crippen molar-refractivity contribution in [1.29, 1.82) is 0 Å². The fraction of sp³-hybridized carbons (Fsp3) is 0.455.